The third kappa shape index (κ3) is 7.07. The van der Waals surface area contributed by atoms with Gasteiger partial charge in [0.05, 0.1) is 6.54 Å². The average molecular weight is 565 g/mol. The highest BCUT2D eigenvalue weighted by molar-refractivity contribution is 14.0. The molecule has 180 valence electrons. The highest BCUT2D eigenvalue weighted by Crippen LogP contribution is 2.27. The van der Waals surface area contributed by atoms with Gasteiger partial charge in [-0.15, -0.1) is 24.0 Å². The van der Waals surface area contributed by atoms with E-state index in [1.54, 1.807) is 0 Å². The number of ether oxygens (including phenoxy) is 2. The van der Waals surface area contributed by atoms with Crippen molar-refractivity contribution in [3.05, 3.63) is 59.7 Å². The molecule has 2 aliphatic heterocycles. The van der Waals surface area contributed by atoms with Crippen LogP contribution in [0.3, 0.4) is 0 Å². The van der Waals surface area contributed by atoms with E-state index in [0.29, 0.717) is 19.2 Å². The van der Waals surface area contributed by atoms with Gasteiger partial charge in [-0.2, -0.15) is 0 Å². The number of guanidine groups is 1. The van der Waals surface area contributed by atoms with Crippen molar-refractivity contribution in [1.29, 1.82) is 0 Å². The Labute approximate surface area is 215 Å². The molecule has 1 saturated heterocycles. The SMILES string of the molecule is CCNC(=NCc1cccc(OCCN(C)C2CCOCC2)c1)N1CCc2ccccc21.I. The summed E-state index contributed by atoms with van der Waals surface area (Å²) in [5.41, 5.74) is 3.81. The van der Waals surface area contributed by atoms with Crippen molar-refractivity contribution in [3.8, 4) is 5.75 Å². The Bertz CT molecular complexity index is 901. The fourth-order valence-corrected chi connectivity index (χ4v) is 4.47. The maximum atomic E-state index is 6.06. The van der Waals surface area contributed by atoms with Crippen LogP contribution in [-0.4, -0.2) is 63.4 Å². The zero-order valence-corrected chi connectivity index (χ0v) is 22.2. The quantitative estimate of drug-likeness (QED) is 0.294. The number of halogens is 1. The van der Waals surface area contributed by atoms with Crippen LogP contribution in [0.25, 0.3) is 0 Å². The lowest BCUT2D eigenvalue weighted by Gasteiger charge is -2.31. The van der Waals surface area contributed by atoms with E-state index in [2.05, 4.69) is 71.6 Å². The number of nitrogens with zero attached hydrogens (tertiary/aromatic N) is 3. The van der Waals surface area contributed by atoms with Gasteiger partial charge < -0.3 is 19.7 Å². The van der Waals surface area contributed by atoms with E-state index in [1.807, 2.05) is 6.07 Å². The van der Waals surface area contributed by atoms with Crippen LogP contribution in [0.5, 0.6) is 5.75 Å². The molecule has 7 heteroatoms. The topological polar surface area (TPSA) is 49.3 Å². The number of hydrogen-bond donors (Lipinski definition) is 1. The minimum Gasteiger partial charge on any atom is -0.492 e. The molecule has 0 unspecified atom stereocenters. The largest absolute Gasteiger partial charge is 0.492 e. The minimum absolute atomic E-state index is 0. The van der Waals surface area contributed by atoms with Crippen molar-refractivity contribution in [2.24, 2.45) is 4.99 Å². The third-order valence-corrected chi connectivity index (χ3v) is 6.31. The van der Waals surface area contributed by atoms with Crippen LogP contribution in [0.2, 0.25) is 0 Å². The number of likely N-dealkylation sites (N-methyl/N-ethyl adjacent to an activating group) is 1. The second-order valence-corrected chi connectivity index (χ2v) is 8.52. The second-order valence-electron chi connectivity index (χ2n) is 8.52. The molecular weight excluding hydrogens is 527 g/mol. The maximum Gasteiger partial charge on any atom is 0.198 e. The van der Waals surface area contributed by atoms with Gasteiger partial charge in [0.1, 0.15) is 12.4 Å². The number of hydrogen-bond acceptors (Lipinski definition) is 4. The molecule has 0 radical (unpaired) electrons. The van der Waals surface area contributed by atoms with Gasteiger partial charge in [-0.1, -0.05) is 30.3 Å². The van der Waals surface area contributed by atoms with Crippen LogP contribution in [-0.2, 0) is 17.7 Å². The Morgan fingerprint density at radius 1 is 1.18 bits per heavy atom. The summed E-state index contributed by atoms with van der Waals surface area (Å²) in [6.07, 6.45) is 3.28. The molecule has 2 aromatic carbocycles. The highest BCUT2D eigenvalue weighted by atomic mass is 127. The molecule has 0 amide bonds. The molecule has 0 atom stereocenters. The first-order chi connectivity index (χ1) is 15.7. The van der Waals surface area contributed by atoms with E-state index < -0.39 is 0 Å². The summed E-state index contributed by atoms with van der Waals surface area (Å²) in [4.78, 5) is 9.62. The number of anilines is 1. The summed E-state index contributed by atoms with van der Waals surface area (Å²) in [6.45, 7) is 7.91. The summed E-state index contributed by atoms with van der Waals surface area (Å²) in [5, 5.41) is 3.46. The van der Waals surface area contributed by atoms with E-state index in [0.717, 1.165) is 69.4 Å². The van der Waals surface area contributed by atoms with Crippen LogP contribution in [0, 0.1) is 0 Å². The molecule has 33 heavy (non-hydrogen) atoms. The molecule has 0 aliphatic carbocycles. The lowest BCUT2D eigenvalue weighted by Crippen LogP contribution is -2.40. The Hall–Kier alpha value is -1.84. The van der Waals surface area contributed by atoms with Crippen molar-refractivity contribution in [2.75, 3.05) is 51.4 Å². The van der Waals surface area contributed by atoms with Gasteiger partial charge in [0.15, 0.2) is 5.96 Å². The lowest BCUT2D eigenvalue weighted by molar-refractivity contribution is 0.0392. The maximum absolute atomic E-state index is 6.06. The van der Waals surface area contributed by atoms with Crippen molar-refractivity contribution >= 4 is 35.6 Å². The minimum atomic E-state index is 0. The predicted molar refractivity (Wildman–Crippen MR) is 146 cm³/mol. The van der Waals surface area contributed by atoms with E-state index in [-0.39, 0.29) is 24.0 Å². The Balaban J connectivity index is 0.00000306. The first kappa shape index (κ1) is 25.8. The van der Waals surface area contributed by atoms with Crippen LogP contribution in [0.1, 0.15) is 30.9 Å². The van der Waals surface area contributed by atoms with Gasteiger partial charge in [0.25, 0.3) is 0 Å². The average Bonchev–Trinajstić information content (AvgIpc) is 3.27. The zero-order chi connectivity index (χ0) is 22.2. The number of aliphatic imine (C=N–C) groups is 1. The lowest BCUT2D eigenvalue weighted by atomic mass is 10.1. The third-order valence-electron chi connectivity index (χ3n) is 6.31. The summed E-state index contributed by atoms with van der Waals surface area (Å²) in [7, 11) is 2.18. The number of rotatable bonds is 8. The van der Waals surface area contributed by atoms with E-state index in [1.165, 1.54) is 11.3 Å². The van der Waals surface area contributed by atoms with Crippen LogP contribution in [0.15, 0.2) is 53.5 Å². The first-order valence-corrected chi connectivity index (χ1v) is 11.9. The Morgan fingerprint density at radius 3 is 2.82 bits per heavy atom. The van der Waals surface area contributed by atoms with Crippen molar-refractivity contribution < 1.29 is 9.47 Å². The van der Waals surface area contributed by atoms with Gasteiger partial charge in [0.2, 0.25) is 0 Å². The Morgan fingerprint density at radius 2 is 2.00 bits per heavy atom. The van der Waals surface area contributed by atoms with E-state index in [9.17, 15) is 0 Å². The number of para-hydroxylation sites is 1. The van der Waals surface area contributed by atoms with Crippen molar-refractivity contribution in [3.63, 3.8) is 0 Å². The van der Waals surface area contributed by atoms with Crippen molar-refractivity contribution in [1.82, 2.24) is 10.2 Å². The van der Waals surface area contributed by atoms with E-state index in [4.69, 9.17) is 14.5 Å². The standard InChI is InChI=1S/C26H36N4O2.HI/c1-3-27-26(30-14-11-22-8-4-5-10-25(22)30)28-20-21-7-6-9-24(19-21)32-18-15-29(2)23-12-16-31-17-13-23;/h4-10,19,23H,3,11-18,20H2,1-2H3,(H,27,28);1H. The zero-order valence-electron chi connectivity index (χ0n) is 19.8. The molecular formula is C26H37IN4O2. The molecule has 0 saturated carbocycles. The number of benzene rings is 2. The molecule has 0 bridgehead atoms. The van der Waals surface area contributed by atoms with Gasteiger partial charge in [0, 0.05) is 44.6 Å². The monoisotopic (exact) mass is 564 g/mol. The summed E-state index contributed by atoms with van der Waals surface area (Å²) >= 11 is 0. The summed E-state index contributed by atoms with van der Waals surface area (Å²) in [6, 6.07) is 17.5. The highest BCUT2D eigenvalue weighted by Gasteiger charge is 2.22. The molecule has 1 fully saturated rings. The molecule has 0 spiro atoms. The predicted octanol–water partition coefficient (Wildman–Crippen LogP) is 4.32. The number of nitrogens with one attached hydrogen (secondary N) is 1. The fourth-order valence-electron chi connectivity index (χ4n) is 4.47. The normalized spacial score (nSPS) is 16.5. The van der Waals surface area contributed by atoms with Gasteiger partial charge in [-0.05, 0) is 62.6 Å². The molecule has 2 heterocycles. The smallest absolute Gasteiger partial charge is 0.198 e. The van der Waals surface area contributed by atoms with Crippen molar-refractivity contribution in [2.45, 2.75) is 38.8 Å². The van der Waals surface area contributed by atoms with E-state index >= 15 is 0 Å². The summed E-state index contributed by atoms with van der Waals surface area (Å²) in [5.74, 6) is 1.86. The first-order valence-electron chi connectivity index (χ1n) is 11.9. The van der Waals surface area contributed by atoms with Crippen LogP contribution in [0.4, 0.5) is 5.69 Å². The van der Waals surface area contributed by atoms with Gasteiger partial charge >= 0.3 is 0 Å². The Kier molecular flexibility index (Phi) is 10.3. The van der Waals surface area contributed by atoms with Crippen LogP contribution < -0.4 is 15.0 Å². The molecule has 1 N–H and O–H groups in total. The van der Waals surface area contributed by atoms with Gasteiger partial charge in [-0.25, -0.2) is 4.99 Å². The molecule has 2 aromatic rings. The molecule has 0 aromatic heterocycles. The summed E-state index contributed by atoms with van der Waals surface area (Å²) < 4.78 is 11.5. The number of fused-ring (bicyclic) bond motifs is 1. The van der Waals surface area contributed by atoms with Gasteiger partial charge in [-0.3, -0.25) is 4.90 Å². The second kappa shape index (κ2) is 13.2. The fraction of sp³-hybridized carbons (Fsp3) is 0.500. The molecule has 2 aliphatic rings. The van der Waals surface area contributed by atoms with Crippen LogP contribution >= 0.6 is 24.0 Å². The molecule has 6 nitrogen and oxygen atoms in total. The molecule has 4 rings (SSSR count).